The Morgan fingerprint density at radius 1 is 1.47 bits per heavy atom. The van der Waals surface area contributed by atoms with Gasteiger partial charge < -0.3 is 10.6 Å². The molecule has 15 heavy (non-hydrogen) atoms. The van der Waals surface area contributed by atoms with Gasteiger partial charge in [0.1, 0.15) is 11.4 Å². The molecule has 86 valence electrons. The fourth-order valence-electron chi connectivity index (χ4n) is 1.20. The van der Waals surface area contributed by atoms with Crippen molar-refractivity contribution in [3.63, 3.8) is 0 Å². The Bertz CT molecular complexity index is 310. The summed E-state index contributed by atoms with van der Waals surface area (Å²) < 4.78 is 26.5. The quantitative estimate of drug-likeness (QED) is 0.770. The SMILES string of the molecule is CN(C)CCn1nnc(CN)c1C(F)F. The van der Waals surface area contributed by atoms with Crippen LogP contribution in [0, 0.1) is 0 Å². The Labute approximate surface area is 86.8 Å². The molecule has 0 aliphatic carbocycles. The van der Waals surface area contributed by atoms with Crippen LogP contribution in [0.3, 0.4) is 0 Å². The first kappa shape index (κ1) is 12.0. The van der Waals surface area contributed by atoms with E-state index < -0.39 is 6.43 Å². The van der Waals surface area contributed by atoms with Crippen molar-refractivity contribution >= 4 is 0 Å². The van der Waals surface area contributed by atoms with Crippen molar-refractivity contribution < 1.29 is 8.78 Å². The lowest BCUT2D eigenvalue weighted by Gasteiger charge is -2.11. The molecule has 0 fully saturated rings. The van der Waals surface area contributed by atoms with Gasteiger partial charge in [0.15, 0.2) is 0 Å². The van der Waals surface area contributed by atoms with Crippen LogP contribution in [-0.4, -0.2) is 40.5 Å². The third-order valence-corrected chi connectivity index (χ3v) is 2.01. The maximum absolute atomic E-state index is 12.7. The first-order valence-electron chi connectivity index (χ1n) is 4.61. The monoisotopic (exact) mass is 219 g/mol. The van der Waals surface area contributed by atoms with E-state index in [0.29, 0.717) is 13.1 Å². The second-order valence-corrected chi connectivity index (χ2v) is 3.45. The zero-order valence-corrected chi connectivity index (χ0v) is 8.82. The van der Waals surface area contributed by atoms with E-state index in [-0.39, 0.29) is 17.9 Å². The standard InChI is InChI=1S/C8H15F2N5/c1-14(2)3-4-15-7(8(9)10)6(5-11)12-13-15/h8H,3-5,11H2,1-2H3. The summed E-state index contributed by atoms with van der Waals surface area (Å²) in [6.45, 7) is 1.01. The minimum absolute atomic E-state index is 0.0123. The van der Waals surface area contributed by atoms with Crippen LogP contribution in [-0.2, 0) is 13.1 Å². The van der Waals surface area contributed by atoms with Gasteiger partial charge in [-0.2, -0.15) is 0 Å². The van der Waals surface area contributed by atoms with Gasteiger partial charge >= 0.3 is 0 Å². The second-order valence-electron chi connectivity index (χ2n) is 3.45. The van der Waals surface area contributed by atoms with E-state index in [4.69, 9.17) is 5.73 Å². The Morgan fingerprint density at radius 2 is 2.13 bits per heavy atom. The number of nitrogens with zero attached hydrogens (tertiary/aromatic N) is 4. The molecule has 7 heteroatoms. The second kappa shape index (κ2) is 5.13. The molecule has 1 rings (SSSR count). The van der Waals surface area contributed by atoms with E-state index in [1.165, 1.54) is 4.68 Å². The summed E-state index contributed by atoms with van der Waals surface area (Å²) in [6.07, 6.45) is -2.58. The fourth-order valence-corrected chi connectivity index (χ4v) is 1.20. The Morgan fingerprint density at radius 3 is 2.60 bits per heavy atom. The predicted molar refractivity (Wildman–Crippen MR) is 51.4 cm³/mol. The highest BCUT2D eigenvalue weighted by atomic mass is 19.3. The molecule has 0 aliphatic rings. The Kier molecular flexibility index (Phi) is 4.10. The van der Waals surface area contributed by atoms with Crippen molar-refractivity contribution in [1.29, 1.82) is 0 Å². The minimum Gasteiger partial charge on any atom is -0.325 e. The maximum Gasteiger partial charge on any atom is 0.281 e. The molecule has 1 aromatic rings. The summed E-state index contributed by atoms with van der Waals surface area (Å²) >= 11 is 0. The van der Waals surface area contributed by atoms with E-state index in [0.717, 1.165) is 0 Å². The van der Waals surface area contributed by atoms with Crippen molar-refractivity contribution in [2.45, 2.75) is 19.5 Å². The lowest BCUT2D eigenvalue weighted by Crippen LogP contribution is -2.20. The summed E-state index contributed by atoms with van der Waals surface area (Å²) in [5.41, 5.74) is 5.30. The van der Waals surface area contributed by atoms with Crippen LogP contribution in [0.5, 0.6) is 0 Å². The van der Waals surface area contributed by atoms with Crippen LogP contribution in [0.4, 0.5) is 8.78 Å². The molecule has 1 aromatic heterocycles. The topological polar surface area (TPSA) is 60.0 Å². The van der Waals surface area contributed by atoms with Gasteiger partial charge in [-0.1, -0.05) is 5.21 Å². The molecule has 5 nitrogen and oxygen atoms in total. The van der Waals surface area contributed by atoms with Gasteiger partial charge in [0, 0.05) is 13.1 Å². The van der Waals surface area contributed by atoms with E-state index in [1.54, 1.807) is 0 Å². The van der Waals surface area contributed by atoms with Crippen molar-refractivity contribution in [2.24, 2.45) is 5.73 Å². The van der Waals surface area contributed by atoms with Crippen LogP contribution < -0.4 is 5.73 Å². The average Bonchev–Trinajstić information content (AvgIpc) is 2.57. The van der Waals surface area contributed by atoms with Gasteiger partial charge in [0.2, 0.25) is 0 Å². The molecule has 0 aliphatic heterocycles. The minimum atomic E-state index is -2.58. The molecule has 0 bridgehead atoms. The van der Waals surface area contributed by atoms with Crippen LogP contribution >= 0.6 is 0 Å². The molecule has 0 saturated heterocycles. The number of nitrogens with two attached hydrogens (primary N) is 1. The molecule has 0 saturated carbocycles. The highest BCUT2D eigenvalue weighted by Gasteiger charge is 2.20. The fraction of sp³-hybridized carbons (Fsp3) is 0.750. The van der Waals surface area contributed by atoms with Gasteiger partial charge in [-0.25, -0.2) is 13.5 Å². The van der Waals surface area contributed by atoms with Crippen molar-refractivity contribution in [3.8, 4) is 0 Å². The molecular formula is C8H15F2N5. The summed E-state index contributed by atoms with van der Waals surface area (Å²) in [5, 5.41) is 7.28. The summed E-state index contributed by atoms with van der Waals surface area (Å²) in [4.78, 5) is 1.89. The van der Waals surface area contributed by atoms with Crippen LogP contribution in [0.15, 0.2) is 0 Å². The molecule has 0 atom stereocenters. The highest BCUT2D eigenvalue weighted by Crippen LogP contribution is 2.20. The van der Waals surface area contributed by atoms with Gasteiger partial charge in [-0.05, 0) is 14.1 Å². The van der Waals surface area contributed by atoms with E-state index in [1.807, 2.05) is 19.0 Å². The molecule has 0 unspecified atom stereocenters. The number of hydrogen-bond acceptors (Lipinski definition) is 4. The highest BCUT2D eigenvalue weighted by molar-refractivity contribution is 5.11. The van der Waals surface area contributed by atoms with Gasteiger partial charge in [-0.3, -0.25) is 0 Å². The van der Waals surface area contributed by atoms with Gasteiger partial charge in [0.25, 0.3) is 6.43 Å². The molecule has 1 heterocycles. The summed E-state index contributed by atoms with van der Waals surface area (Å²) in [5.74, 6) is 0. The molecule has 0 amide bonds. The van der Waals surface area contributed by atoms with Crippen LogP contribution in [0.25, 0.3) is 0 Å². The number of aromatic nitrogens is 3. The Hall–Kier alpha value is -1.08. The first-order valence-corrected chi connectivity index (χ1v) is 4.61. The number of halogens is 2. The number of hydrogen-bond donors (Lipinski definition) is 1. The van der Waals surface area contributed by atoms with E-state index in [2.05, 4.69) is 10.3 Å². The summed E-state index contributed by atoms with van der Waals surface area (Å²) in [7, 11) is 3.73. The molecule has 2 N–H and O–H groups in total. The smallest absolute Gasteiger partial charge is 0.281 e. The van der Waals surface area contributed by atoms with Gasteiger partial charge in [-0.15, -0.1) is 5.10 Å². The summed E-state index contributed by atoms with van der Waals surface area (Å²) in [6, 6.07) is 0. The van der Waals surface area contributed by atoms with Gasteiger partial charge in [0.05, 0.1) is 6.54 Å². The molecule has 0 aromatic carbocycles. The van der Waals surface area contributed by atoms with Crippen LogP contribution in [0.2, 0.25) is 0 Å². The zero-order chi connectivity index (χ0) is 11.4. The van der Waals surface area contributed by atoms with Crippen molar-refractivity contribution in [1.82, 2.24) is 19.9 Å². The van der Waals surface area contributed by atoms with E-state index in [9.17, 15) is 8.78 Å². The Balaban J connectivity index is 2.82. The third kappa shape index (κ3) is 2.93. The normalized spacial score (nSPS) is 11.7. The molecule has 0 radical (unpaired) electrons. The van der Waals surface area contributed by atoms with Crippen molar-refractivity contribution in [3.05, 3.63) is 11.4 Å². The van der Waals surface area contributed by atoms with Crippen molar-refractivity contribution in [2.75, 3.05) is 20.6 Å². The molecule has 0 spiro atoms. The number of rotatable bonds is 5. The molecular weight excluding hydrogens is 204 g/mol. The number of likely N-dealkylation sites (N-methyl/N-ethyl adjacent to an activating group) is 1. The predicted octanol–water partition coefficient (Wildman–Crippen LogP) is 0.236. The largest absolute Gasteiger partial charge is 0.325 e. The average molecular weight is 219 g/mol. The third-order valence-electron chi connectivity index (χ3n) is 2.01. The van der Waals surface area contributed by atoms with Crippen LogP contribution in [0.1, 0.15) is 17.8 Å². The lowest BCUT2D eigenvalue weighted by atomic mass is 10.3. The zero-order valence-electron chi connectivity index (χ0n) is 8.82. The maximum atomic E-state index is 12.7. The lowest BCUT2D eigenvalue weighted by molar-refractivity contribution is 0.137. The number of alkyl halides is 2. The van der Waals surface area contributed by atoms with E-state index >= 15 is 0 Å². The first-order chi connectivity index (χ1) is 7.06.